The molecule has 1 unspecified atom stereocenters. The third kappa shape index (κ3) is 5.45. The van der Waals surface area contributed by atoms with Crippen LogP contribution < -0.4 is 0 Å². The second-order valence-corrected chi connectivity index (χ2v) is 11.2. The van der Waals surface area contributed by atoms with Gasteiger partial charge in [-0.15, -0.1) is 0 Å². The maximum atomic E-state index is 6.46. The molecule has 0 heterocycles. The molecule has 3 heteroatoms. The van der Waals surface area contributed by atoms with Crippen molar-refractivity contribution >= 4 is 28.4 Å². The minimum absolute atomic E-state index is 0.604. The standard InChI is InChI=1S/C10H23Cl2P/c1-4-7-9-13(11,12)10(6-3)8-5-2/h10,13H,4-9H2,1-3H3. The van der Waals surface area contributed by atoms with E-state index >= 15 is 0 Å². The van der Waals surface area contributed by atoms with E-state index in [0.717, 1.165) is 12.6 Å². The van der Waals surface area contributed by atoms with Crippen LogP contribution in [0.15, 0.2) is 0 Å². The number of halogens is 2. The number of unbranched alkanes of at least 4 members (excludes halogenated alkanes) is 1. The summed E-state index contributed by atoms with van der Waals surface area (Å²) >= 11 is 12.9. The Morgan fingerprint density at radius 1 is 1.08 bits per heavy atom. The zero-order valence-electron chi connectivity index (χ0n) is 9.08. The zero-order chi connectivity index (χ0) is 10.3. The van der Waals surface area contributed by atoms with E-state index in [1.807, 2.05) is 0 Å². The van der Waals surface area contributed by atoms with E-state index in [2.05, 4.69) is 20.8 Å². The van der Waals surface area contributed by atoms with Crippen LogP contribution in [-0.2, 0) is 0 Å². The van der Waals surface area contributed by atoms with E-state index in [-0.39, 0.29) is 0 Å². The Balaban J connectivity index is 4.03. The van der Waals surface area contributed by atoms with Crippen LogP contribution in [0.2, 0.25) is 0 Å². The molecule has 0 aromatic carbocycles. The Morgan fingerprint density at radius 3 is 2.08 bits per heavy atom. The van der Waals surface area contributed by atoms with Gasteiger partial charge in [0.2, 0.25) is 0 Å². The van der Waals surface area contributed by atoms with Gasteiger partial charge < -0.3 is 0 Å². The van der Waals surface area contributed by atoms with Gasteiger partial charge in [0.15, 0.2) is 0 Å². The van der Waals surface area contributed by atoms with Gasteiger partial charge in [0.1, 0.15) is 0 Å². The molecule has 0 N–H and O–H groups in total. The van der Waals surface area contributed by atoms with E-state index in [1.165, 1.54) is 25.7 Å². The summed E-state index contributed by atoms with van der Waals surface area (Å²) in [5.74, 6) is -1.93. The Hall–Kier alpha value is 1.01. The minimum atomic E-state index is -1.93. The van der Waals surface area contributed by atoms with E-state index in [9.17, 15) is 0 Å². The molecule has 13 heavy (non-hydrogen) atoms. The van der Waals surface area contributed by atoms with Gasteiger partial charge in [-0.1, -0.05) is 0 Å². The van der Waals surface area contributed by atoms with Gasteiger partial charge in [0, 0.05) is 0 Å². The summed E-state index contributed by atoms with van der Waals surface area (Å²) in [6, 6.07) is 0. The molecule has 0 fully saturated rings. The molecule has 0 aliphatic heterocycles. The van der Waals surface area contributed by atoms with Gasteiger partial charge in [-0.3, -0.25) is 0 Å². The fourth-order valence-corrected chi connectivity index (χ4v) is 6.60. The molecule has 0 aliphatic carbocycles. The van der Waals surface area contributed by atoms with Gasteiger partial charge in [-0.05, 0) is 0 Å². The first-order chi connectivity index (χ1) is 6.08. The molecule has 0 radical (unpaired) electrons. The molecule has 0 bridgehead atoms. The van der Waals surface area contributed by atoms with Crippen molar-refractivity contribution < 1.29 is 0 Å². The summed E-state index contributed by atoms with van der Waals surface area (Å²) in [5, 5.41) is 0. The zero-order valence-corrected chi connectivity index (χ0v) is 11.6. The molecule has 82 valence electrons. The van der Waals surface area contributed by atoms with Crippen molar-refractivity contribution in [2.45, 2.75) is 58.5 Å². The average Bonchev–Trinajstić information content (AvgIpc) is 2.10. The van der Waals surface area contributed by atoms with E-state index < -0.39 is 5.97 Å². The molecular weight excluding hydrogens is 222 g/mol. The van der Waals surface area contributed by atoms with E-state index in [1.54, 1.807) is 0 Å². The van der Waals surface area contributed by atoms with Gasteiger partial charge in [0.25, 0.3) is 0 Å². The van der Waals surface area contributed by atoms with Crippen molar-refractivity contribution in [2.75, 3.05) is 6.16 Å². The maximum absolute atomic E-state index is 6.46. The quantitative estimate of drug-likeness (QED) is 0.525. The molecular formula is C10H23Cl2P. The van der Waals surface area contributed by atoms with Crippen LogP contribution in [0.25, 0.3) is 0 Å². The van der Waals surface area contributed by atoms with Crippen molar-refractivity contribution in [1.82, 2.24) is 0 Å². The Bertz CT molecular complexity index is 126. The second kappa shape index (κ2) is 7.32. The molecule has 0 rings (SSSR count). The van der Waals surface area contributed by atoms with Crippen LogP contribution in [0, 0.1) is 0 Å². The molecule has 0 aromatic rings. The number of hydrogen-bond acceptors (Lipinski definition) is 0. The van der Waals surface area contributed by atoms with Crippen LogP contribution in [0.3, 0.4) is 0 Å². The van der Waals surface area contributed by atoms with E-state index in [0.29, 0.717) is 5.66 Å². The van der Waals surface area contributed by atoms with Crippen LogP contribution in [0.5, 0.6) is 0 Å². The summed E-state index contributed by atoms with van der Waals surface area (Å²) in [6.07, 6.45) is 7.04. The second-order valence-electron chi connectivity index (χ2n) is 3.76. The topological polar surface area (TPSA) is 0 Å². The van der Waals surface area contributed by atoms with E-state index in [4.69, 9.17) is 22.5 Å². The average molecular weight is 245 g/mol. The Labute approximate surface area is 93.3 Å². The van der Waals surface area contributed by atoms with Crippen molar-refractivity contribution in [3.05, 3.63) is 0 Å². The van der Waals surface area contributed by atoms with Crippen molar-refractivity contribution in [1.29, 1.82) is 0 Å². The van der Waals surface area contributed by atoms with Gasteiger partial charge in [-0.25, -0.2) is 0 Å². The van der Waals surface area contributed by atoms with Crippen molar-refractivity contribution in [3.63, 3.8) is 0 Å². The van der Waals surface area contributed by atoms with Crippen LogP contribution >= 0.6 is 28.4 Å². The fraction of sp³-hybridized carbons (Fsp3) is 1.00. The summed E-state index contributed by atoms with van der Waals surface area (Å²) < 4.78 is 0. The van der Waals surface area contributed by atoms with Gasteiger partial charge in [-0.2, -0.15) is 0 Å². The SMILES string of the molecule is CCCC[PH](Cl)(Cl)C(CC)CCC. The number of hydrogen-bond donors (Lipinski definition) is 0. The Morgan fingerprint density at radius 2 is 1.69 bits per heavy atom. The number of rotatable bonds is 7. The first-order valence-corrected chi connectivity index (χ1v) is 9.77. The van der Waals surface area contributed by atoms with Crippen molar-refractivity contribution in [3.8, 4) is 0 Å². The first-order valence-electron chi connectivity index (χ1n) is 5.46. The summed E-state index contributed by atoms with van der Waals surface area (Å²) in [6.45, 7) is 6.61. The van der Waals surface area contributed by atoms with Gasteiger partial charge >= 0.3 is 93.1 Å². The van der Waals surface area contributed by atoms with Crippen LogP contribution in [-0.4, -0.2) is 11.8 Å². The normalized spacial score (nSPS) is 15.8. The molecule has 0 saturated heterocycles. The van der Waals surface area contributed by atoms with Crippen LogP contribution in [0.4, 0.5) is 0 Å². The first kappa shape index (κ1) is 14.0. The summed E-state index contributed by atoms with van der Waals surface area (Å²) in [4.78, 5) is 0. The monoisotopic (exact) mass is 244 g/mol. The summed E-state index contributed by atoms with van der Waals surface area (Å²) in [5.41, 5.74) is 0.604. The predicted molar refractivity (Wildman–Crippen MR) is 68.8 cm³/mol. The molecule has 0 aliphatic rings. The molecule has 0 nitrogen and oxygen atoms in total. The fourth-order valence-electron chi connectivity index (χ4n) is 1.68. The van der Waals surface area contributed by atoms with Crippen LogP contribution in [0.1, 0.15) is 52.9 Å². The van der Waals surface area contributed by atoms with Crippen molar-refractivity contribution in [2.24, 2.45) is 0 Å². The molecule has 0 saturated carbocycles. The molecule has 0 aromatic heterocycles. The van der Waals surface area contributed by atoms with Gasteiger partial charge in [0.05, 0.1) is 0 Å². The molecule has 0 amide bonds. The predicted octanol–water partition coefficient (Wildman–Crippen LogP) is 5.42. The molecule has 1 atom stereocenters. The molecule has 0 spiro atoms. The Kier molecular flexibility index (Phi) is 7.89. The third-order valence-electron chi connectivity index (χ3n) is 2.59. The summed E-state index contributed by atoms with van der Waals surface area (Å²) in [7, 11) is 0. The third-order valence-corrected chi connectivity index (χ3v) is 8.49.